The molecule has 1 heterocycles. The van der Waals surface area contributed by atoms with Gasteiger partial charge in [-0.15, -0.1) is 0 Å². The Bertz CT molecular complexity index is 510. The maximum atomic E-state index is 12.3. The molecule has 3 unspecified atom stereocenters. The van der Waals surface area contributed by atoms with Crippen molar-refractivity contribution in [2.45, 2.75) is 58.7 Å². The van der Waals surface area contributed by atoms with Crippen LogP contribution in [0.5, 0.6) is 0 Å². The first-order valence-electron chi connectivity index (χ1n) is 8.55. The molecule has 0 bridgehead atoms. The zero-order valence-corrected chi connectivity index (χ0v) is 15.0. The Morgan fingerprint density at radius 3 is 2.57 bits per heavy atom. The number of rotatable bonds is 3. The fourth-order valence-corrected chi connectivity index (χ4v) is 2.94. The van der Waals surface area contributed by atoms with E-state index in [2.05, 4.69) is 43.4 Å². The molecule has 0 spiro atoms. The molecular weight excluding hydrogens is 288 g/mol. The maximum absolute atomic E-state index is 12.3. The van der Waals surface area contributed by atoms with Crippen LogP contribution in [0.15, 0.2) is 30.3 Å². The predicted molar refractivity (Wildman–Crippen MR) is 93.4 cm³/mol. The second-order valence-corrected chi connectivity index (χ2v) is 7.60. The van der Waals surface area contributed by atoms with E-state index >= 15 is 0 Å². The van der Waals surface area contributed by atoms with Crippen molar-refractivity contribution in [1.82, 2.24) is 10.2 Å². The highest BCUT2D eigenvalue weighted by atomic mass is 16.6. The molecule has 1 fully saturated rings. The molecular formula is C19H30N2O2. The van der Waals surface area contributed by atoms with Crippen LogP contribution in [0.4, 0.5) is 4.79 Å². The lowest BCUT2D eigenvalue weighted by Gasteiger charge is -2.39. The molecule has 3 atom stereocenters. The number of nitrogens with one attached hydrogen (secondary N) is 1. The first-order valence-corrected chi connectivity index (χ1v) is 8.55. The topological polar surface area (TPSA) is 41.6 Å². The quantitative estimate of drug-likeness (QED) is 0.916. The first kappa shape index (κ1) is 17.8. The third-order valence-corrected chi connectivity index (χ3v) is 4.37. The van der Waals surface area contributed by atoms with Crippen LogP contribution >= 0.6 is 0 Å². The Morgan fingerprint density at radius 1 is 1.30 bits per heavy atom. The van der Waals surface area contributed by atoms with E-state index in [1.54, 1.807) is 0 Å². The van der Waals surface area contributed by atoms with Gasteiger partial charge in [-0.1, -0.05) is 37.3 Å². The highest BCUT2D eigenvalue weighted by Gasteiger charge is 2.32. The summed E-state index contributed by atoms with van der Waals surface area (Å²) in [6, 6.07) is 11.0. The summed E-state index contributed by atoms with van der Waals surface area (Å²) >= 11 is 0. The highest BCUT2D eigenvalue weighted by molar-refractivity contribution is 5.68. The number of piperidine rings is 1. The number of hydrogen-bond donors (Lipinski definition) is 1. The molecule has 0 radical (unpaired) electrons. The molecule has 1 aromatic carbocycles. The molecule has 2 rings (SSSR count). The van der Waals surface area contributed by atoms with Gasteiger partial charge in [0.15, 0.2) is 0 Å². The number of nitrogens with zero attached hydrogens (tertiary/aromatic N) is 1. The van der Waals surface area contributed by atoms with Crippen LogP contribution in [0.25, 0.3) is 0 Å². The lowest BCUT2D eigenvalue weighted by molar-refractivity contribution is 0.0142. The van der Waals surface area contributed by atoms with Gasteiger partial charge in [0.05, 0.1) is 0 Å². The van der Waals surface area contributed by atoms with Gasteiger partial charge < -0.3 is 15.0 Å². The molecule has 1 amide bonds. The van der Waals surface area contributed by atoms with Gasteiger partial charge in [-0.2, -0.15) is 0 Å². The lowest BCUT2D eigenvalue weighted by atomic mass is 9.92. The standard InChI is InChI=1S/C19H30N2O2/c1-14-11-12-21(18(22)23-19(3,4)5)13-17(14)20-15(2)16-9-7-6-8-10-16/h6-10,14-15,17,20H,11-13H2,1-5H3. The number of carbonyl (C=O) groups excluding carboxylic acids is 1. The van der Waals surface area contributed by atoms with Crippen LogP contribution in [0.1, 0.15) is 52.6 Å². The number of ether oxygens (including phenoxy) is 1. The summed E-state index contributed by atoms with van der Waals surface area (Å²) in [6.07, 6.45) is 0.793. The van der Waals surface area contributed by atoms with Crippen molar-refractivity contribution in [3.63, 3.8) is 0 Å². The van der Waals surface area contributed by atoms with E-state index in [1.165, 1.54) is 5.56 Å². The van der Waals surface area contributed by atoms with Crippen LogP contribution in [0, 0.1) is 5.92 Å². The molecule has 0 aromatic heterocycles. The molecule has 1 saturated heterocycles. The highest BCUT2D eigenvalue weighted by Crippen LogP contribution is 2.22. The zero-order chi connectivity index (χ0) is 17.0. The van der Waals surface area contributed by atoms with Crippen LogP contribution in [-0.2, 0) is 4.74 Å². The van der Waals surface area contributed by atoms with Gasteiger partial charge in [-0.3, -0.25) is 0 Å². The van der Waals surface area contributed by atoms with Gasteiger partial charge >= 0.3 is 6.09 Å². The van der Waals surface area contributed by atoms with Crippen molar-refractivity contribution in [1.29, 1.82) is 0 Å². The number of likely N-dealkylation sites (tertiary alicyclic amines) is 1. The average molecular weight is 318 g/mol. The maximum Gasteiger partial charge on any atom is 0.410 e. The minimum Gasteiger partial charge on any atom is -0.444 e. The average Bonchev–Trinajstić information content (AvgIpc) is 2.48. The van der Waals surface area contributed by atoms with E-state index in [0.29, 0.717) is 12.5 Å². The van der Waals surface area contributed by atoms with Crippen molar-refractivity contribution in [3.05, 3.63) is 35.9 Å². The Kier molecular flexibility index (Phi) is 5.69. The van der Waals surface area contributed by atoms with Crippen LogP contribution < -0.4 is 5.32 Å². The zero-order valence-electron chi connectivity index (χ0n) is 15.0. The van der Waals surface area contributed by atoms with Gasteiger partial charge in [0, 0.05) is 25.2 Å². The number of amides is 1. The second-order valence-electron chi connectivity index (χ2n) is 7.60. The summed E-state index contributed by atoms with van der Waals surface area (Å²) < 4.78 is 5.51. The largest absolute Gasteiger partial charge is 0.444 e. The normalized spacial score (nSPS) is 23.4. The van der Waals surface area contributed by atoms with Gasteiger partial charge in [-0.05, 0) is 45.6 Å². The third kappa shape index (κ3) is 5.24. The van der Waals surface area contributed by atoms with Gasteiger partial charge in [0.25, 0.3) is 0 Å². The fourth-order valence-electron chi connectivity index (χ4n) is 2.94. The fraction of sp³-hybridized carbons (Fsp3) is 0.632. The van der Waals surface area contributed by atoms with Crippen molar-refractivity contribution in [2.75, 3.05) is 13.1 Å². The van der Waals surface area contributed by atoms with Crippen LogP contribution in [0.3, 0.4) is 0 Å². The SMILES string of the molecule is CC(NC1CN(C(=O)OC(C)(C)C)CCC1C)c1ccccc1. The minimum atomic E-state index is -0.444. The van der Waals surface area contributed by atoms with Gasteiger partial charge in [-0.25, -0.2) is 4.79 Å². The van der Waals surface area contributed by atoms with E-state index in [-0.39, 0.29) is 18.2 Å². The lowest BCUT2D eigenvalue weighted by Crippen LogP contribution is -2.53. The molecule has 1 aromatic rings. The van der Waals surface area contributed by atoms with E-state index in [4.69, 9.17) is 4.74 Å². The number of carbonyl (C=O) groups is 1. The number of benzene rings is 1. The molecule has 1 N–H and O–H groups in total. The smallest absolute Gasteiger partial charge is 0.410 e. The van der Waals surface area contributed by atoms with E-state index in [0.717, 1.165) is 13.0 Å². The van der Waals surface area contributed by atoms with Crippen molar-refractivity contribution in [3.8, 4) is 0 Å². The molecule has 1 aliphatic heterocycles. The first-order chi connectivity index (χ1) is 10.8. The van der Waals surface area contributed by atoms with Crippen molar-refractivity contribution < 1.29 is 9.53 Å². The van der Waals surface area contributed by atoms with Crippen molar-refractivity contribution >= 4 is 6.09 Å². The summed E-state index contributed by atoms with van der Waals surface area (Å²) in [4.78, 5) is 14.1. The predicted octanol–water partition coefficient (Wildman–Crippen LogP) is 3.98. The Morgan fingerprint density at radius 2 is 1.96 bits per heavy atom. The molecule has 128 valence electrons. The minimum absolute atomic E-state index is 0.205. The van der Waals surface area contributed by atoms with E-state index in [1.807, 2.05) is 31.7 Å². The molecule has 4 nitrogen and oxygen atoms in total. The molecule has 0 saturated carbocycles. The summed E-state index contributed by atoms with van der Waals surface area (Å²) in [7, 11) is 0. The van der Waals surface area contributed by atoms with E-state index < -0.39 is 5.60 Å². The second kappa shape index (κ2) is 7.35. The molecule has 4 heteroatoms. The van der Waals surface area contributed by atoms with Crippen LogP contribution in [0.2, 0.25) is 0 Å². The Hall–Kier alpha value is -1.55. The third-order valence-electron chi connectivity index (χ3n) is 4.37. The summed E-state index contributed by atoms with van der Waals surface area (Å²) in [5, 5.41) is 3.68. The number of hydrogen-bond acceptors (Lipinski definition) is 3. The Labute approximate surface area is 140 Å². The summed E-state index contributed by atoms with van der Waals surface area (Å²) in [5.41, 5.74) is 0.828. The Balaban J connectivity index is 1.97. The summed E-state index contributed by atoms with van der Waals surface area (Å²) in [6.45, 7) is 11.6. The molecule has 1 aliphatic rings. The van der Waals surface area contributed by atoms with Gasteiger partial charge in [0.2, 0.25) is 0 Å². The van der Waals surface area contributed by atoms with E-state index in [9.17, 15) is 4.79 Å². The van der Waals surface area contributed by atoms with Crippen LogP contribution in [-0.4, -0.2) is 35.7 Å². The van der Waals surface area contributed by atoms with Gasteiger partial charge in [0.1, 0.15) is 5.60 Å². The molecule has 0 aliphatic carbocycles. The molecule has 23 heavy (non-hydrogen) atoms. The van der Waals surface area contributed by atoms with Crippen molar-refractivity contribution in [2.24, 2.45) is 5.92 Å². The summed E-state index contributed by atoms with van der Waals surface area (Å²) in [5.74, 6) is 0.542. The monoisotopic (exact) mass is 318 g/mol.